The maximum absolute atomic E-state index is 12.3. The van der Waals surface area contributed by atoms with Crippen LogP contribution < -0.4 is 10.0 Å². The van der Waals surface area contributed by atoms with Crippen LogP contribution >= 0.6 is 0 Å². The summed E-state index contributed by atoms with van der Waals surface area (Å²) in [5.74, 6) is 0. The number of benzene rings is 1. The van der Waals surface area contributed by atoms with E-state index >= 15 is 0 Å². The molecule has 1 aromatic rings. The Kier molecular flexibility index (Phi) is 5.24. The Balaban J connectivity index is 2.13. The quantitative estimate of drug-likeness (QED) is 0.773. The third-order valence-electron chi connectivity index (χ3n) is 4.02. The van der Waals surface area contributed by atoms with Crippen LogP contribution in [0.4, 0.5) is 5.69 Å². The summed E-state index contributed by atoms with van der Waals surface area (Å²) < 4.78 is 32.8. The molecule has 1 aromatic carbocycles. The van der Waals surface area contributed by atoms with Crippen molar-refractivity contribution in [2.45, 2.75) is 43.1 Å². The van der Waals surface area contributed by atoms with Gasteiger partial charge in [-0.15, -0.1) is 0 Å². The largest absolute Gasteiger partial charge is 0.381 e. The average Bonchev–Trinajstić information content (AvgIpc) is 2.45. The lowest BCUT2D eigenvalue weighted by molar-refractivity contribution is -0.0601. The molecule has 21 heavy (non-hydrogen) atoms. The zero-order valence-corrected chi connectivity index (χ0v) is 13.5. The van der Waals surface area contributed by atoms with E-state index in [1.54, 1.807) is 25.3 Å². The maximum atomic E-state index is 12.3. The lowest BCUT2D eigenvalue weighted by Crippen LogP contribution is -2.45. The van der Waals surface area contributed by atoms with Gasteiger partial charge >= 0.3 is 0 Å². The summed E-state index contributed by atoms with van der Waals surface area (Å²) in [6.07, 6.45) is 3.95. The Hall–Kier alpha value is -1.11. The molecule has 0 radical (unpaired) electrons. The monoisotopic (exact) mass is 312 g/mol. The molecule has 0 atom stereocenters. The van der Waals surface area contributed by atoms with Gasteiger partial charge in [0.15, 0.2) is 0 Å². The first-order chi connectivity index (χ1) is 10.0. The fourth-order valence-electron chi connectivity index (χ4n) is 2.44. The summed E-state index contributed by atoms with van der Waals surface area (Å²) in [5, 5.41) is 3.25. The van der Waals surface area contributed by atoms with Gasteiger partial charge in [-0.3, -0.25) is 0 Å². The molecule has 2 N–H and O–H groups in total. The van der Waals surface area contributed by atoms with Crippen LogP contribution in [0.2, 0.25) is 0 Å². The molecule has 6 heteroatoms. The second kappa shape index (κ2) is 6.77. The van der Waals surface area contributed by atoms with Crippen LogP contribution in [-0.4, -0.2) is 34.2 Å². The van der Waals surface area contributed by atoms with Crippen molar-refractivity contribution in [1.29, 1.82) is 0 Å². The summed E-state index contributed by atoms with van der Waals surface area (Å²) in [6.45, 7) is 3.01. The summed E-state index contributed by atoms with van der Waals surface area (Å²) >= 11 is 0. The molecule has 0 spiro atoms. The molecule has 0 saturated heterocycles. The molecule has 1 saturated carbocycles. The van der Waals surface area contributed by atoms with Gasteiger partial charge in [-0.1, -0.05) is 19.1 Å². The highest BCUT2D eigenvalue weighted by atomic mass is 32.2. The molecule has 5 nitrogen and oxygen atoms in total. The highest BCUT2D eigenvalue weighted by Crippen LogP contribution is 2.35. The lowest BCUT2D eigenvalue weighted by Gasteiger charge is -2.40. The molecule has 118 valence electrons. The van der Waals surface area contributed by atoms with Crippen molar-refractivity contribution in [3.8, 4) is 0 Å². The molecular formula is C15H24N2O3S. The van der Waals surface area contributed by atoms with E-state index in [0.717, 1.165) is 25.7 Å². The van der Waals surface area contributed by atoms with E-state index < -0.39 is 10.0 Å². The lowest BCUT2D eigenvalue weighted by atomic mass is 9.80. The Labute approximate surface area is 127 Å². The summed E-state index contributed by atoms with van der Waals surface area (Å²) in [5.41, 5.74) is 0.484. The SMILES string of the molecule is CCCNS(=O)(=O)c1ccccc1NCC1(OC)CCC1. The Morgan fingerprint density at radius 2 is 2.00 bits per heavy atom. The predicted molar refractivity (Wildman–Crippen MR) is 84.0 cm³/mol. The summed E-state index contributed by atoms with van der Waals surface area (Å²) in [7, 11) is -1.75. The highest BCUT2D eigenvalue weighted by molar-refractivity contribution is 7.89. The van der Waals surface area contributed by atoms with E-state index in [1.807, 2.05) is 13.0 Å². The third kappa shape index (κ3) is 3.75. The first-order valence-electron chi connectivity index (χ1n) is 7.41. The van der Waals surface area contributed by atoms with Gasteiger partial charge in [-0.25, -0.2) is 13.1 Å². The zero-order chi connectivity index (χ0) is 15.3. The molecule has 0 bridgehead atoms. The van der Waals surface area contributed by atoms with E-state index in [1.165, 1.54) is 0 Å². The Bertz CT molecular complexity index is 563. The minimum absolute atomic E-state index is 0.145. The van der Waals surface area contributed by atoms with Crippen molar-refractivity contribution in [2.75, 3.05) is 25.5 Å². The van der Waals surface area contributed by atoms with Crippen molar-refractivity contribution in [1.82, 2.24) is 4.72 Å². The van der Waals surface area contributed by atoms with Crippen LogP contribution in [0.15, 0.2) is 29.2 Å². The van der Waals surface area contributed by atoms with Gasteiger partial charge in [0.05, 0.1) is 11.3 Å². The number of hydrogen-bond acceptors (Lipinski definition) is 4. The van der Waals surface area contributed by atoms with Gasteiger partial charge in [0.2, 0.25) is 10.0 Å². The summed E-state index contributed by atoms with van der Waals surface area (Å²) in [4.78, 5) is 0.295. The van der Waals surface area contributed by atoms with Gasteiger partial charge < -0.3 is 10.1 Å². The number of hydrogen-bond donors (Lipinski definition) is 2. The number of sulfonamides is 1. The number of anilines is 1. The van der Waals surface area contributed by atoms with Crippen molar-refractivity contribution in [2.24, 2.45) is 0 Å². The maximum Gasteiger partial charge on any atom is 0.242 e. The highest BCUT2D eigenvalue weighted by Gasteiger charge is 2.37. The molecular weight excluding hydrogens is 288 g/mol. The number of nitrogens with one attached hydrogen (secondary N) is 2. The molecule has 0 aromatic heterocycles. The van der Waals surface area contributed by atoms with E-state index in [4.69, 9.17) is 4.74 Å². The Morgan fingerprint density at radius 3 is 2.57 bits per heavy atom. The molecule has 0 aliphatic heterocycles. The van der Waals surface area contributed by atoms with Gasteiger partial charge in [-0.2, -0.15) is 0 Å². The number of para-hydroxylation sites is 1. The van der Waals surface area contributed by atoms with Crippen LogP contribution in [0.3, 0.4) is 0 Å². The first kappa shape index (κ1) is 16.3. The van der Waals surface area contributed by atoms with E-state index in [9.17, 15) is 8.42 Å². The molecule has 2 rings (SSSR count). The van der Waals surface area contributed by atoms with Gasteiger partial charge in [0, 0.05) is 20.2 Å². The van der Waals surface area contributed by atoms with Crippen molar-refractivity contribution >= 4 is 15.7 Å². The topological polar surface area (TPSA) is 67.4 Å². The number of methoxy groups -OCH3 is 1. The molecule has 1 aliphatic carbocycles. The van der Waals surface area contributed by atoms with Gasteiger partial charge in [0.25, 0.3) is 0 Å². The minimum Gasteiger partial charge on any atom is -0.381 e. The van der Waals surface area contributed by atoms with Crippen LogP contribution in [0.5, 0.6) is 0 Å². The molecule has 1 aliphatic rings. The molecule has 0 heterocycles. The molecule has 0 amide bonds. The van der Waals surface area contributed by atoms with Crippen LogP contribution in [0, 0.1) is 0 Å². The summed E-state index contributed by atoms with van der Waals surface area (Å²) in [6, 6.07) is 6.99. The van der Waals surface area contributed by atoms with Crippen molar-refractivity contribution in [3.63, 3.8) is 0 Å². The van der Waals surface area contributed by atoms with Crippen molar-refractivity contribution < 1.29 is 13.2 Å². The second-order valence-electron chi connectivity index (χ2n) is 5.49. The van der Waals surface area contributed by atoms with Crippen LogP contribution in [-0.2, 0) is 14.8 Å². The zero-order valence-electron chi connectivity index (χ0n) is 12.7. The van der Waals surface area contributed by atoms with Crippen molar-refractivity contribution in [3.05, 3.63) is 24.3 Å². The van der Waals surface area contributed by atoms with Gasteiger partial charge in [-0.05, 0) is 37.8 Å². The molecule has 1 fully saturated rings. The standard InChI is InChI=1S/C15H24N2O3S/c1-3-11-17-21(18,19)14-8-5-4-7-13(14)16-12-15(20-2)9-6-10-15/h4-5,7-8,16-17H,3,6,9-12H2,1-2H3. The smallest absolute Gasteiger partial charge is 0.242 e. The predicted octanol–water partition coefficient (Wildman–Crippen LogP) is 2.36. The number of ether oxygens (including phenoxy) is 1. The molecule has 0 unspecified atom stereocenters. The number of rotatable bonds is 8. The van der Waals surface area contributed by atoms with E-state index in [0.29, 0.717) is 23.7 Å². The van der Waals surface area contributed by atoms with E-state index in [-0.39, 0.29) is 5.60 Å². The first-order valence-corrected chi connectivity index (χ1v) is 8.89. The fraction of sp³-hybridized carbons (Fsp3) is 0.600. The van der Waals surface area contributed by atoms with E-state index in [2.05, 4.69) is 10.0 Å². The van der Waals surface area contributed by atoms with Crippen LogP contribution in [0.1, 0.15) is 32.6 Å². The van der Waals surface area contributed by atoms with Gasteiger partial charge in [0.1, 0.15) is 4.90 Å². The Morgan fingerprint density at radius 1 is 1.29 bits per heavy atom. The fourth-order valence-corrected chi connectivity index (χ4v) is 3.76. The minimum atomic E-state index is -3.47. The normalized spacial score (nSPS) is 17.2. The second-order valence-corrected chi connectivity index (χ2v) is 7.22. The average molecular weight is 312 g/mol. The third-order valence-corrected chi connectivity index (χ3v) is 5.54. The van der Waals surface area contributed by atoms with Crippen LogP contribution in [0.25, 0.3) is 0 Å².